The Balaban J connectivity index is 1.65. The smallest absolute Gasteiger partial charge is 0.333 e. The van der Waals surface area contributed by atoms with E-state index in [0.29, 0.717) is 21.3 Å². The number of thioether (sulfide) groups is 1. The second-order valence-electron chi connectivity index (χ2n) is 7.06. The van der Waals surface area contributed by atoms with E-state index in [9.17, 15) is 18.6 Å². The minimum Gasteiger partial charge on any atom is -0.387 e. The second kappa shape index (κ2) is 7.94. The average molecular weight is 447 g/mol. The molecule has 14 heteroatoms. The van der Waals surface area contributed by atoms with Gasteiger partial charge in [0.25, 0.3) is 0 Å². The van der Waals surface area contributed by atoms with Crippen molar-refractivity contribution in [3.8, 4) is 0 Å². The van der Waals surface area contributed by atoms with Gasteiger partial charge in [-0.25, -0.2) is 19.8 Å². The average Bonchev–Trinajstić information content (AvgIpc) is 3.35. The Bertz CT molecular complexity index is 995. The van der Waals surface area contributed by atoms with Crippen molar-refractivity contribution in [1.29, 1.82) is 0 Å². The van der Waals surface area contributed by atoms with Crippen LogP contribution in [0.15, 0.2) is 11.4 Å². The van der Waals surface area contributed by atoms with Gasteiger partial charge in [0.2, 0.25) is 0 Å². The zero-order chi connectivity index (χ0) is 20.8. The fourth-order valence-electron chi connectivity index (χ4n) is 3.62. The lowest BCUT2D eigenvalue weighted by Crippen LogP contribution is -2.35. The molecule has 2 aromatic rings. The largest absolute Gasteiger partial charge is 0.387 e. The van der Waals surface area contributed by atoms with Crippen LogP contribution < -0.4 is 10.9 Å². The minimum atomic E-state index is -4.22. The molecule has 3 heterocycles. The van der Waals surface area contributed by atoms with Crippen LogP contribution in [0.3, 0.4) is 0 Å². The molecule has 0 bridgehead atoms. The van der Waals surface area contributed by atoms with E-state index in [1.54, 1.807) is 11.8 Å². The number of aromatic nitrogens is 4. The molecule has 160 valence electrons. The predicted octanol–water partition coefficient (Wildman–Crippen LogP) is -0.717. The van der Waals surface area contributed by atoms with Crippen LogP contribution in [0.4, 0.5) is 5.82 Å². The Labute approximate surface area is 170 Å². The molecule has 1 saturated carbocycles. The third kappa shape index (κ3) is 4.19. The maximum atomic E-state index is 11.0. The standard InChI is InChI=1S/C15H22N6O6S2/c16-12-9-13(19-6-18-12)21(20-14(9)28-7-3-1-2-4-7)15-11(23)10(22)8(27-15)5-26-29(17,24)25/h6-8,10-11,15,22-23H,1-5H2,(H2,16,18,19)(H2,17,24,25)/t8-,10-,11-,15-/m1/s1. The highest BCUT2D eigenvalue weighted by atomic mass is 32.2. The van der Waals surface area contributed by atoms with E-state index < -0.39 is 41.5 Å². The fourth-order valence-corrected chi connectivity index (χ4v) is 5.28. The molecule has 0 amide bonds. The Morgan fingerprint density at radius 1 is 1.28 bits per heavy atom. The number of hydrogen-bond acceptors (Lipinski definition) is 11. The van der Waals surface area contributed by atoms with Crippen molar-refractivity contribution < 1.29 is 27.6 Å². The van der Waals surface area contributed by atoms with E-state index in [1.807, 2.05) is 0 Å². The van der Waals surface area contributed by atoms with Crippen LogP contribution in [-0.2, 0) is 19.2 Å². The van der Waals surface area contributed by atoms with E-state index in [1.165, 1.54) is 11.0 Å². The van der Waals surface area contributed by atoms with Crippen LogP contribution in [0.5, 0.6) is 0 Å². The van der Waals surface area contributed by atoms with E-state index in [4.69, 9.17) is 15.6 Å². The van der Waals surface area contributed by atoms with Crippen molar-refractivity contribution in [3.63, 3.8) is 0 Å². The number of ether oxygens (including phenoxy) is 1. The number of nitrogens with zero attached hydrogens (tertiary/aromatic N) is 4. The highest BCUT2D eigenvalue weighted by Crippen LogP contribution is 2.40. The highest BCUT2D eigenvalue weighted by Gasteiger charge is 2.45. The third-order valence-electron chi connectivity index (χ3n) is 5.04. The zero-order valence-electron chi connectivity index (χ0n) is 15.3. The van der Waals surface area contributed by atoms with Gasteiger partial charge in [0.1, 0.15) is 35.5 Å². The number of fused-ring (bicyclic) bond motifs is 1. The first-order chi connectivity index (χ1) is 13.7. The molecule has 6 N–H and O–H groups in total. The van der Waals surface area contributed by atoms with Gasteiger partial charge in [-0.2, -0.15) is 13.5 Å². The summed E-state index contributed by atoms with van der Waals surface area (Å²) in [6, 6.07) is 0. The maximum Gasteiger partial charge on any atom is 0.333 e. The molecular weight excluding hydrogens is 424 g/mol. The van der Waals surface area contributed by atoms with Crippen LogP contribution in [0, 0.1) is 0 Å². The Morgan fingerprint density at radius 3 is 2.69 bits per heavy atom. The van der Waals surface area contributed by atoms with Crippen LogP contribution in [0.25, 0.3) is 11.0 Å². The number of aliphatic hydroxyl groups is 2. The molecular formula is C15H22N6O6S2. The zero-order valence-corrected chi connectivity index (χ0v) is 16.9. The summed E-state index contributed by atoms with van der Waals surface area (Å²) in [4.78, 5) is 8.26. The summed E-state index contributed by atoms with van der Waals surface area (Å²) >= 11 is 1.58. The third-order valence-corrected chi connectivity index (χ3v) is 6.82. The molecule has 0 aromatic carbocycles. The molecule has 4 rings (SSSR count). The quantitative estimate of drug-likeness (QED) is 0.438. The molecule has 12 nitrogen and oxygen atoms in total. The molecule has 0 unspecified atom stereocenters. The number of nitrogen functional groups attached to an aromatic ring is 1. The van der Waals surface area contributed by atoms with Gasteiger partial charge in [-0.05, 0) is 12.8 Å². The van der Waals surface area contributed by atoms with Gasteiger partial charge in [-0.1, -0.05) is 12.8 Å². The van der Waals surface area contributed by atoms with Gasteiger partial charge >= 0.3 is 10.3 Å². The van der Waals surface area contributed by atoms with E-state index >= 15 is 0 Å². The number of nitrogens with two attached hydrogens (primary N) is 2. The van der Waals surface area contributed by atoms with Crippen molar-refractivity contribution in [2.45, 2.75) is 60.5 Å². The van der Waals surface area contributed by atoms with Crippen LogP contribution >= 0.6 is 11.8 Å². The first kappa shape index (κ1) is 20.7. The lowest BCUT2D eigenvalue weighted by molar-refractivity contribution is -0.0531. The normalized spacial score (nSPS) is 28.5. The van der Waals surface area contributed by atoms with Gasteiger partial charge in [-0.15, -0.1) is 11.8 Å². The Hall–Kier alpha value is -1.55. The first-order valence-corrected chi connectivity index (χ1v) is 11.4. The molecule has 0 spiro atoms. The van der Waals surface area contributed by atoms with Crippen molar-refractivity contribution in [2.75, 3.05) is 12.3 Å². The number of rotatable bonds is 6. The summed E-state index contributed by atoms with van der Waals surface area (Å²) < 4.78 is 33.5. The fraction of sp³-hybridized carbons (Fsp3) is 0.667. The molecule has 2 aliphatic rings. The second-order valence-corrected chi connectivity index (χ2v) is 9.57. The molecule has 2 fully saturated rings. The van der Waals surface area contributed by atoms with E-state index in [2.05, 4.69) is 19.2 Å². The maximum absolute atomic E-state index is 11.0. The van der Waals surface area contributed by atoms with Crippen molar-refractivity contribution >= 4 is 38.9 Å². The SMILES string of the molecule is Nc1ncnc2c1c(SC1CCCC1)nn2[C@@H]1O[C@H](COS(N)(=O)=O)[C@@H](O)[C@H]1O. The van der Waals surface area contributed by atoms with Crippen molar-refractivity contribution in [1.82, 2.24) is 19.7 Å². The molecule has 0 radical (unpaired) electrons. The molecule has 4 atom stereocenters. The van der Waals surface area contributed by atoms with E-state index in [0.717, 1.165) is 25.7 Å². The number of aliphatic hydroxyl groups excluding tert-OH is 2. The molecule has 1 aliphatic heterocycles. The summed E-state index contributed by atoms with van der Waals surface area (Å²) in [6.45, 7) is -0.548. The molecule has 2 aromatic heterocycles. The lowest BCUT2D eigenvalue weighted by atomic mass is 10.1. The monoisotopic (exact) mass is 446 g/mol. The van der Waals surface area contributed by atoms with Crippen LogP contribution in [0.2, 0.25) is 0 Å². The Morgan fingerprint density at radius 2 is 2.00 bits per heavy atom. The summed E-state index contributed by atoms with van der Waals surface area (Å²) in [6.07, 6.45) is 0.682. The topological polar surface area (TPSA) is 189 Å². The summed E-state index contributed by atoms with van der Waals surface area (Å²) in [5, 5.41) is 31.7. The van der Waals surface area contributed by atoms with Crippen molar-refractivity contribution in [2.24, 2.45) is 5.14 Å². The summed E-state index contributed by atoms with van der Waals surface area (Å²) in [7, 11) is -4.22. The number of hydrogen-bond donors (Lipinski definition) is 4. The Kier molecular flexibility index (Phi) is 5.67. The van der Waals surface area contributed by atoms with Gasteiger partial charge in [-0.3, -0.25) is 4.18 Å². The van der Waals surface area contributed by atoms with E-state index in [-0.39, 0.29) is 5.82 Å². The van der Waals surface area contributed by atoms with Gasteiger partial charge in [0, 0.05) is 5.25 Å². The molecule has 1 aliphatic carbocycles. The van der Waals surface area contributed by atoms with Gasteiger partial charge in [0.05, 0.1) is 12.0 Å². The van der Waals surface area contributed by atoms with Gasteiger partial charge in [0.15, 0.2) is 11.9 Å². The molecule has 29 heavy (non-hydrogen) atoms. The number of anilines is 1. The predicted molar refractivity (Wildman–Crippen MR) is 103 cm³/mol. The molecule has 1 saturated heterocycles. The lowest BCUT2D eigenvalue weighted by Gasteiger charge is -2.15. The summed E-state index contributed by atoms with van der Waals surface area (Å²) in [5.74, 6) is 0.254. The summed E-state index contributed by atoms with van der Waals surface area (Å²) in [5.41, 5.74) is 6.41. The minimum absolute atomic E-state index is 0.254. The van der Waals surface area contributed by atoms with Crippen molar-refractivity contribution in [3.05, 3.63) is 6.33 Å². The van der Waals surface area contributed by atoms with Gasteiger partial charge < -0.3 is 20.7 Å². The van der Waals surface area contributed by atoms with Crippen LogP contribution in [-0.4, -0.2) is 68.5 Å². The van der Waals surface area contributed by atoms with Crippen LogP contribution in [0.1, 0.15) is 31.9 Å². The first-order valence-electron chi connectivity index (χ1n) is 9.08. The highest BCUT2D eigenvalue weighted by molar-refractivity contribution is 8.00.